The first kappa shape index (κ1) is 11.7. The molecule has 0 unspecified atom stereocenters. The molecule has 3 aromatic heterocycles. The van der Waals surface area contributed by atoms with Crippen LogP contribution in [-0.4, -0.2) is 29.5 Å². The molecule has 0 spiro atoms. The minimum Gasteiger partial charge on any atom is -0.369 e. The minimum absolute atomic E-state index is 0.487. The van der Waals surface area contributed by atoms with Gasteiger partial charge in [-0.2, -0.15) is 10.1 Å². The second-order valence-corrected chi connectivity index (χ2v) is 4.32. The number of nitrogen functional groups attached to an aromatic ring is 1. The van der Waals surface area contributed by atoms with Gasteiger partial charge in [0.25, 0.3) is 0 Å². The highest BCUT2D eigenvalue weighted by Crippen LogP contribution is 2.21. The average Bonchev–Trinajstić information content (AvgIpc) is 3.06. The number of rotatable bonds is 4. The van der Waals surface area contributed by atoms with Crippen LogP contribution in [0.4, 0.5) is 5.95 Å². The lowest BCUT2D eigenvalue weighted by Crippen LogP contribution is -2.09. The molecular weight excluding hydrogens is 246 g/mol. The third-order valence-corrected chi connectivity index (χ3v) is 3.12. The Balaban J connectivity index is 1.98. The molecule has 8 heteroatoms. The first-order valence-corrected chi connectivity index (χ1v) is 6.13. The molecule has 0 atom stereocenters. The van der Waals surface area contributed by atoms with Crippen molar-refractivity contribution < 1.29 is 4.52 Å². The van der Waals surface area contributed by atoms with Crippen LogP contribution in [0, 0.1) is 0 Å². The molecule has 0 fully saturated rings. The van der Waals surface area contributed by atoms with E-state index in [-0.39, 0.29) is 0 Å². The molecule has 3 aromatic rings. The van der Waals surface area contributed by atoms with Crippen LogP contribution in [0.25, 0.3) is 11.2 Å². The second-order valence-electron chi connectivity index (χ2n) is 4.32. The predicted molar refractivity (Wildman–Crippen MR) is 68.3 cm³/mol. The SMILES string of the molecule is CCc1nn(C)c2c1nc(N)n2CCc1ncon1. The van der Waals surface area contributed by atoms with Crippen LogP contribution in [0.1, 0.15) is 18.4 Å². The molecule has 0 aliphatic rings. The molecule has 100 valence electrons. The van der Waals surface area contributed by atoms with Gasteiger partial charge < -0.3 is 10.3 Å². The summed E-state index contributed by atoms with van der Waals surface area (Å²) >= 11 is 0. The summed E-state index contributed by atoms with van der Waals surface area (Å²) in [4.78, 5) is 8.39. The molecule has 0 bridgehead atoms. The van der Waals surface area contributed by atoms with E-state index in [9.17, 15) is 0 Å². The summed E-state index contributed by atoms with van der Waals surface area (Å²) in [6.07, 6.45) is 2.79. The summed E-state index contributed by atoms with van der Waals surface area (Å²) in [6.45, 7) is 2.70. The van der Waals surface area contributed by atoms with Crippen molar-refractivity contribution in [3.8, 4) is 0 Å². The van der Waals surface area contributed by atoms with Gasteiger partial charge in [0.1, 0.15) is 5.52 Å². The fourth-order valence-corrected chi connectivity index (χ4v) is 2.23. The maximum absolute atomic E-state index is 5.98. The van der Waals surface area contributed by atoms with Gasteiger partial charge in [0.2, 0.25) is 12.3 Å². The van der Waals surface area contributed by atoms with Gasteiger partial charge in [0, 0.05) is 20.0 Å². The van der Waals surface area contributed by atoms with Gasteiger partial charge in [0.05, 0.1) is 5.69 Å². The number of anilines is 1. The van der Waals surface area contributed by atoms with E-state index in [1.807, 2.05) is 16.3 Å². The molecule has 19 heavy (non-hydrogen) atoms. The van der Waals surface area contributed by atoms with Crippen molar-refractivity contribution in [3.05, 3.63) is 17.9 Å². The molecule has 0 saturated carbocycles. The number of aryl methyl sites for hydroxylation is 4. The number of hydrogen-bond acceptors (Lipinski definition) is 6. The van der Waals surface area contributed by atoms with Gasteiger partial charge in [-0.25, -0.2) is 4.98 Å². The Labute approximate surface area is 109 Å². The Kier molecular flexibility index (Phi) is 2.69. The van der Waals surface area contributed by atoms with Gasteiger partial charge in [-0.1, -0.05) is 12.1 Å². The first-order chi connectivity index (χ1) is 9.20. The van der Waals surface area contributed by atoms with Crippen molar-refractivity contribution in [2.75, 3.05) is 5.73 Å². The molecular formula is C11H15N7O. The van der Waals surface area contributed by atoms with Gasteiger partial charge in [0.15, 0.2) is 11.5 Å². The summed E-state index contributed by atoms with van der Waals surface area (Å²) < 4.78 is 8.45. The lowest BCUT2D eigenvalue weighted by atomic mass is 10.3. The Morgan fingerprint density at radius 3 is 2.95 bits per heavy atom. The third kappa shape index (κ3) is 1.85. The molecule has 3 rings (SSSR count). The summed E-state index contributed by atoms with van der Waals surface area (Å²) in [7, 11) is 1.90. The van der Waals surface area contributed by atoms with Gasteiger partial charge in [-0.15, -0.1) is 0 Å². The molecule has 0 radical (unpaired) electrons. The van der Waals surface area contributed by atoms with Crippen LogP contribution in [0.2, 0.25) is 0 Å². The van der Waals surface area contributed by atoms with E-state index in [4.69, 9.17) is 10.3 Å². The largest absolute Gasteiger partial charge is 0.369 e. The van der Waals surface area contributed by atoms with Crippen molar-refractivity contribution in [1.82, 2.24) is 29.5 Å². The summed E-state index contributed by atoms with van der Waals surface area (Å²) in [5, 5.41) is 8.23. The number of imidazole rings is 1. The number of hydrogen-bond donors (Lipinski definition) is 1. The summed E-state index contributed by atoms with van der Waals surface area (Å²) in [5.74, 6) is 1.14. The van der Waals surface area contributed by atoms with Gasteiger partial charge >= 0.3 is 0 Å². The summed E-state index contributed by atoms with van der Waals surface area (Å²) in [5.41, 5.74) is 8.74. The Hall–Kier alpha value is -2.38. The predicted octanol–water partition coefficient (Wildman–Crippen LogP) is 0.540. The maximum atomic E-state index is 5.98. The highest BCUT2D eigenvalue weighted by molar-refractivity contribution is 5.77. The Morgan fingerprint density at radius 2 is 2.26 bits per heavy atom. The van der Waals surface area contributed by atoms with Crippen molar-refractivity contribution in [2.24, 2.45) is 7.05 Å². The van der Waals surface area contributed by atoms with Crippen molar-refractivity contribution in [3.63, 3.8) is 0 Å². The Morgan fingerprint density at radius 1 is 1.42 bits per heavy atom. The fourth-order valence-electron chi connectivity index (χ4n) is 2.23. The third-order valence-electron chi connectivity index (χ3n) is 3.12. The zero-order valence-corrected chi connectivity index (χ0v) is 10.9. The van der Waals surface area contributed by atoms with Crippen LogP contribution in [0.15, 0.2) is 10.9 Å². The number of nitrogens with zero attached hydrogens (tertiary/aromatic N) is 6. The Bertz CT molecular complexity index is 694. The van der Waals surface area contributed by atoms with Crippen molar-refractivity contribution in [2.45, 2.75) is 26.3 Å². The molecule has 3 heterocycles. The van der Waals surface area contributed by atoms with E-state index in [0.717, 1.165) is 23.3 Å². The maximum Gasteiger partial charge on any atom is 0.213 e. The van der Waals surface area contributed by atoms with Crippen LogP contribution < -0.4 is 5.73 Å². The topological polar surface area (TPSA) is 101 Å². The van der Waals surface area contributed by atoms with E-state index in [1.54, 1.807) is 0 Å². The normalized spacial score (nSPS) is 11.5. The quantitative estimate of drug-likeness (QED) is 0.735. The first-order valence-electron chi connectivity index (χ1n) is 6.13. The number of aromatic nitrogens is 6. The van der Waals surface area contributed by atoms with Crippen LogP contribution >= 0.6 is 0 Å². The van der Waals surface area contributed by atoms with Crippen molar-refractivity contribution >= 4 is 17.1 Å². The monoisotopic (exact) mass is 261 g/mol. The highest BCUT2D eigenvalue weighted by Gasteiger charge is 2.17. The van der Waals surface area contributed by atoms with Crippen LogP contribution in [0.5, 0.6) is 0 Å². The zero-order chi connectivity index (χ0) is 13.4. The number of fused-ring (bicyclic) bond motifs is 1. The van der Waals surface area contributed by atoms with Crippen molar-refractivity contribution in [1.29, 1.82) is 0 Å². The van der Waals surface area contributed by atoms with Crippen LogP contribution in [-0.2, 0) is 26.4 Å². The molecule has 0 aliphatic carbocycles. The number of nitrogens with two attached hydrogens (primary N) is 1. The average molecular weight is 261 g/mol. The molecule has 0 aliphatic heterocycles. The second kappa shape index (κ2) is 4.38. The highest BCUT2D eigenvalue weighted by atomic mass is 16.5. The molecule has 0 saturated heterocycles. The van der Waals surface area contributed by atoms with Crippen LogP contribution in [0.3, 0.4) is 0 Å². The van der Waals surface area contributed by atoms with Gasteiger partial charge in [-0.3, -0.25) is 9.25 Å². The lowest BCUT2D eigenvalue weighted by Gasteiger charge is -2.04. The van der Waals surface area contributed by atoms with E-state index < -0.39 is 0 Å². The zero-order valence-electron chi connectivity index (χ0n) is 10.9. The van der Waals surface area contributed by atoms with E-state index in [1.165, 1.54) is 6.39 Å². The molecule has 0 amide bonds. The lowest BCUT2D eigenvalue weighted by molar-refractivity contribution is 0.408. The standard InChI is InChI=1S/C11H15N7O/c1-3-7-9-10(17(2)15-7)18(11(12)14-9)5-4-8-13-6-19-16-8/h6H,3-5H2,1-2H3,(H2,12,14). The van der Waals surface area contributed by atoms with Gasteiger partial charge in [-0.05, 0) is 6.42 Å². The van der Waals surface area contributed by atoms with E-state index in [0.29, 0.717) is 24.7 Å². The van der Waals surface area contributed by atoms with E-state index in [2.05, 4.69) is 27.1 Å². The molecule has 2 N–H and O–H groups in total. The molecule has 8 nitrogen and oxygen atoms in total. The minimum atomic E-state index is 0.487. The smallest absolute Gasteiger partial charge is 0.213 e. The molecule has 0 aromatic carbocycles. The fraction of sp³-hybridized carbons (Fsp3) is 0.455. The summed E-state index contributed by atoms with van der Waals surface area (Å²) in [6, 6.07) is 0. The van der Waals surface area contributed by atoms with E-state index >= 15 is 0 Å².